The molecule has 2 rings (SSSR count). The Labute approximate surface area is 108 Å². The second-order valence-electron chi connectivity index (χ2n) is 6.77. The highest BCUT2D eigenvalue weighted by Crippen LogP contribution is 2.57. The van der Waals surface area contributed by atoms with E-state index in [0.717, 1.165) is 18.4 Å². The predicted molar refractivity (Wildman–Crippen MR) is 71.3 cm³/mol. The van der Waals surface area contributed by atoms with E-state index in [2.05, 4.69) is 27.7 Å². The molecule has 0 atom stereocenters. The van der Waals surface area contributed by atoms with Crippen molar-refractivity contribution in [2.45, 2.75) is 46.5 Å². The van der Waals surface area contributed by atoms with Gasteiger partial charge >= 0.3 is 0 Å². The molecule has 1 aromatic carbocycles. The predicted octanol–water partition coefficient (Wildman–Crippen LogP) is 4.57. The molecule has 1 aliphatic carbocycles. The molecule has 0 bridgehead atoms. The molecular weight excluding hydrogens is 227 g/mol. The van der Waals surface area contributed by atoms with Crippen LogP contribution in [0.2, 0.25) is 0 Å². The lowest BCUT2D eigenvalue weighted by Crippen LogP contribution is -2.25. The number of aldehydes is 1. The van der Waals surface area contributed by atoms with Crippen LogP contribution in [0.5, 0.6) is 0 Å². The summed E-state index contributed by atoms with van der Waals surface area (Å²) in [6, 6.07) is 4.84. The van der Waals surface area contributed by atoms with Gasteiger partial charge in [-0.2, -0.15) is 0 Å². The number of halogens is 1. The van der Waals surface area contributed by atoms with Crippen LogP contribution in [-0.4, -0.2) is 6.29 Å². The fourth-order valence-electron chi connectivity index (χ4n) is 3.02. The summed E-state index contributed by atoms with van der Waals surface area (Å²) < 4.78 is 14.0. The van der Waals surface area contributed by atoms with Gasteiger partial charge in [0.1, 0.15) is 12.1 Å². The maximum absolute atomic E-state index is 14.0. The van der Waals surface area contributed by atoms with Crippen LogP contribution >= 0.6 is 0 Å². The molecule has 1 fully saturated rings. The molecule has 2 heteroatoms. The smallest absolute Gasteiger partial charge is 0.150 e. The first-order valence-corrected chi connectivity index (χ1v) is 6.51. The van der Waals surface area contributed by atoms with Crippen molar-refractivity contribution in [1.82, 2.24) is 0 Å². The van der Waals surface area contributed by atoms with Gasteiger partial charge in [-0.25, -0.2) is 4.39 Å². The van der Waals surface area contributed by atoms with Gasteiger partial charge in [0.15, 0.2) is 0 Å². The van der Waals surface area contributed by atoms with Crippen LogP contribution in [0, 0.1) is 16.6 Å². The van der Waals surface area contributed by atoms with E-state index in [-0.39, 0.29) is 22.6 Å². The molecule has 0 saturated heterocycles. The lowest BCUT2D eigenvalue weighted by Gasteiger charge is -2.34. The summed E-state index contributed by atoms with van der Waals surface area (Å²) in [6.45, 7) is 9.02. The lowest BCUT2D eigenvalue weighted by atomic mass is 9.71. The highest BCUT2D eigenvalue weighted by Gasteiger charge is 2.47. The Balaban J connectivity index is 2.32. The summed E-state index contributed by atoms with van der Waals surface area (Å²) in [5.74, 6) is 0.0220. The Morgan fingerprint density at radius 2 is 1.72 bits per heavy atom. The molecule has 18 heavy (non-hydrogen) atoms. The lowest BCUT2D eigenvalue weighted by molar-refractivity contribution is 0.112. The fourth-order valence-corrected chi connectivity index (χ4v) is 3.02. The molecule has 1 nitrogen and oxygen atoms in total. The number of rotatable bonds is 2. The van der Waals surface area contributed by atoms with Crippen LogP contribution in [0.25, 0.3) is 0 Å². The summed E-state index contributed by atoms with van der Waals surface area (Å²) in [5, 5.41) is 0. The average Bonchev–Trinajstić information content (AvgIpc) is 2.47. The largest absolute Gasteiger partial charge is 0.298 e. The molecule has 0 N–H and O–H groups in total. The monoisotopic (exact) mass is 248 g/mol. The molecule has 98 valence electrons. The fraction of sp³-hybridized carbons (Fsp3) is 0.562. The van der Waals surface area contributed by atoms with Crippen LogP contribution in [0.1, 0.15) is 62.4 Å². The van der Waals surface area contributed by atoms with Gasteiger partial charge in [-0.05, 0) is 41.2 Å². The van der Waals surface area contributed by atoms with E-state index >= 15 is 0 Å². The molecule has 1 aromatic rings. The Bertz CT molecular complexity index is 458. The number of benzene rings is 1. The van der Waals surface area contributed by atoms with Crippen LogP contribution in [0.15, 0.2) is 18.2 Å². The van der Waals surface area contributed by atoms with Gasteiger partial charge in [-0.1, -0.05) is 39.8 Å². The van der Waals surface area contributed by atoms with Crippen molar-refractivity contribution in [2.75, 3.05) is 0 Å². The minimum atomic E-state index is -0.238. The topological polar surface area (TPSA) is 17.1 Å². The first-order valence-electron chi connectivity index (χ1n) is 6.51. The maximum atomic E-state index is 14.0. The van der Waals surface area contributed by atoms with Crippen molar-refractivity contribution in [1.29, 1.82) is 0 Å². The van der Waals surface area contributed by atoms with Crippen molar-refractivity contribution >= 4 is 6.29 Å². The summed E-state index contributed by atoms with van der Waals surface area (Å²) in [6.07, 6.45) is 2.68. The third-order valence-electron chi connectivity index (χ3n) is 4.95. The van der Waals surface area contributed by atoms with E-state index in [1.54, 1.807) is 12.1 Å². The molecule has 0 unspecified atom stereocenters. The standard InChI is InChI=1S/C16H21FO/c1-15(2)8-12(9-16(15,3)4)13-6-5-11(10-18)7-14(13)17/h5-7,10,12H,8-9H2,1-4H3. The first kappa shape index (κ1) is 13.3. The molecule has 0 heterocycles. The maximum Gasteiger partial charge on any atom is 0.150 e. The molecule has 0 aromatic heterocycles. The van der Waals surface area contributed by atoms with Gasteiger partial charge in [0.25, 0.3) is 0 Å². The van der Waals surface area contributed by atoms with E-state index in [1.165, 1.54) is 6.07 Å². The van der Waals surface area contributed by atoms with Gasteiger partial charge in [-0.15, -0.1) is 0 Å². The van der Waals surface area contributed by atoms with E-state index in [9.17, 15) is 9.18 Å². The van der Waals surface area contributed by atoms with Crippen molar-refractivity contribution < 1.29 is 9.18 Å². The van der Waals surface area contributed by atoms with Crippen LogP contribution in [-0.2, 0) is 0 Å². The minimum Gasteiger partial charge on any atom is -0.298 e. The Hall–Kier alpha value is -1.18. The molecule has 1 saturated carbocycles. The zero-order valence-corrected chi connectivity index (χ0v) is 11.6. The van der Waals surface area contributed by atoms with E-state index < -0.39 is 0 Å². The van der Waals surface area contributed by atoms with Crippen molar-refractivity contribution in [3.8, 4) is 0 Å². The Morgan fingerprint density at radius 3 is 2.17 bits per heavy atom. The second kappa shape index (κ2) is 4.18. The number of carbonyl (C=O) groups is 1. The summed E-state index contributed by atoms with van der Waals surface area (Å²) >= 11 is 0. The van der Waals surface area contributed by atoms with E-state index in [1.807, 2.05) is 0 Å². The van der Waals surface area contributed by atoms with Gasteiger partial charge in [0.2, 0.25) is 0 Å². The van der Waals surface area contributed by atoms with Gasteiger partial charge in [0.05, 0.1) is 0 Å². The highest BCUT2D eigenvalue weighted by atomic mass is 19.1. The quantitative estimate of drug-likeness (QED) is 0.701. The molecular formula is C16H21FO. The Kier molecular flexibility index (Phi) is 3.08. The molecule has 0 radical (unpaired) electrons. The third-order valence-corrected chi connectivity index (χ3v) is 4.95. The minimum absolute atomic E-state index is 0.216. The van der Waals surface area contributed by atoms with E-state index in [4.69, 9.17) is 0 Å². The Morgan fingerprint density at radius 1 is 1.17 bits per heavy atom. The summed E-state index contributed by atoms with van der Waals surface area (Å²) in [5.41, 5.74) is 1.60. The first-order chi connectivity index (χ1) is 8.27. The van der Waals surface area contributed by atoms with Crippen LogP contribution < -0.4 is 0 Å². The number of hydrogen-bond donors (Lipinski definition) is 0. The molecule has 0 aliphatic heterocycles. The van der Waals surface area contributed by atoms with Crippen molar-refractivity contribution in [2.24, 2.45) is 10.8 Å². The summed E-state index contributed by atoms with van der Waals surface area (Å²) in [7, 11) is 0. The third kappa shape index (κ3) is 2.09. The van der Waals surface area contributed by atoms with Crippen molar-refractivity contribution in [3.05, 3.63) is 35.1 Å². The SMILES string of the molecule is CC1(C)CC(c2ccc(C=O)cc2F)CC1(C)C. The van der Waals surface area contributed by atoms with Crippen LogP contribution in [0.3, 0.4) is 0 Å². The number of carbonyl (C=O) groups excluding carboxylic acids is 1. The second-order valence-corrected chi connectivity index (χ2v) is 6.77. The van der Waals surface area contributed by atoms with Gasteiger partial charge in [-0.3, -0.25) is 4.79 Å². The molecule has 1 aliphatic rings. The zero-order chi connectivity index (χ0) is 13.6. The molecule has 0 spiro atoms. The normalized spacial score (nSPS) is 22.1. The molecule has 0 amide bonds. The number of hydrogen-bond acceptors (Lipinski definition) is 1. The van der Waals surface area contributed by atoms with Crippen molar-refractivity contribution in [3.63, 3.8) is 0 Å². The average molecular weight is 248 g/mol. The zero-order valence-electron chi connectivity index (χ0n) is 11.6. The van der Waals surface area contributed by atoms with Crippen LogP contribution in [0.4, 0.5) is 4.39 Å². The highest BCUT2D eigenvalue weighted by molar-refractivity contribution is 5.74. The van der Waals surface area contributed by atoms with Gasteiger partial charge < -0.3 is 0 Å². The van der Waals surface area contributed by atoms with E-state index in [0.29, 0.717) is 11.8 Å². The summed E-state index contributed by atoms with van der Waals surface area (Å²) in [4.78, 5) is 10.6. The van der Waals surface area contributed by atoms with Gasteiger partial charge in [0, 0.05) is 5.56 Å².